The van der Waals surface area contributed by atoms with E-state index in [4.69, 9.17) is 9.47 Å². The van der Waals surface area contributed by atoms with E-state index in [2.05, 4.69) is 0 Å². The first-order valence-corrected chi connectivity index (χ1v) is 7.25. The maximum atomic E-state index is 11.8. The molecule has 0 saturated heterocycles. The van der Waals surface area contributed by atoms with E-state index in [9.17, 15) is 15.0 Å². The first-order chi connectivity index (χ1) is 10.1. The van der Waals surface area contributed by atoms with Crippen molar-refractivity contribution in [3.8, 4) is 5.75 Å². The van der Waals surface area contributed by atoms with Gasteiger partial charge in [0.15, 0.2) is 0 Å². The molecule has 1 aromatic carbocycles. The lowest BCUT2D eigenvalue weighted by Crippen LogP contribution is -2.38. The number of benzene rings is 1. The van der Waals surface area contributed by atoms with Crippen molar-refractivity contribution in [2.75, 3.05) is 7.11 Å². The predicted molar refractivity (Wildman–Crippen MR) is 83.4 cm³/mol. The highest BCUT2D eigenvalue weighted by atomic mass is 16.5. The minimum atomic E-state index is -0.674. The molecule has 1 aromatic rings. The van der Waals surface area contributed by atoms with Crippen LogP contribution in [0.2, 0.25) is 0 Å². The summed E-state index contributed by atoms with van der Waals surface area (Å²) in [7, 11) is 1.37. The molecule has 0 amide bonds. The second-order valence-corrected chi connectivity index (χ2v) is 6.72. The monoisotopic (exact) mass is 310 g/mol. The van der Waals surface area contributed by atoms with Crippen LogP contribution in [0, 0.1) is 5.41 Å². The van der Waals surface area contributed by atoms with Crippen LogP contribution < -0.4 is 4.74 Å². The van der Waals surface area contributed by atoms with Gasteiger partial charge in [-0.05, 0) is 51.0 Å². The SMILES string of the molecule is COC(=O)C(C)(C)CC(C)(C)Oc1cc(CO)cc(CO)c1. The standard InChI is InChI=1S/C17H26O5/c1-16(2,15(20)21-5)11-17(3,4)22-14-7-12(9-18)6-13(8-14)10-19/h6-8,18-19H,9-11H2,1-5H3. The maximum Gasteiger partial charge on any atom is 0.311 e. The van der Waals surface area contributed by atoms with Gasteiger partial charge in [0, 0.05) is 6.42 Å². The Morgan fingerprint density at radius 1 is 1.05 bits per heavy atom. The van der Waals surface area contributed by atoms with Crippen molar-refractivity contribution in [1.29, 1.82) is 0 Å². The summed E-state index contributed by atoms with van der Waals surface area (Å²) in [6.45, 7) is 7.15. The molecule has 0 unspecified atom stereocenters. The molecule has 0 fully saturated rings. The first-order valence-electron chi connectivity index (χ1n) is 7.25. The molecule has 0 atom stereocenters. The van der Waals surface area contributed by atoms with Crippen LogP contribution in [0.25, 0.3) is 0 Å². The third kappa shape index (κ3) is 5.00. The van der Waals surface area contributed by atoms with Gasteiger partial charge in [-0.1, -0.05) is 6.07 Å². The molecule has 5 nitrogen and oxygen atoms in total. The van der Waals surface area contributed by atoms with Crippen molar-refractivity contribution in [3.05, 3.63) is 29.3 Å². The zero-order chi connectivity index (χ0) is 17.0. The number of aliphatic hydroxyl groups is 2. The molecule has 0 spiro atoms. The molecule has 0 aliphatic heterocycles. The Bertz CT molecular complexity index is 498. The fourth-order valence-corrected chi connectivity index (χ4v) is 2.74. The molecule has 2 N–H and O–H groups in total. The topological polar surface area (TPSA) is 76.0 Å². The van der Waals surface area contributed by atoms with Gasteiger partial charge in [0.2, 0.25) is 0 Å². The van der Waals surface area contributed by atoms with Crippen LogP contribution in [0.3, 0.4) is 0 Å². The van der Waals surface area contributed by atoms with E-state index in [1.807, 2.05) is 27.7 Å². The number of ether oxygens (including phenoxy) is 2. The highest BCUT2D eigenvalue weighted by Gasteiger charge is 2.37. The number of hydrogen-bond acceptors (Lipinski definition) is 5. The van der Waals surface area contributed by atoms with Gasteiger partial charge in [0.1, 0.15) is 11.4 Å². The van der Waals surface area contributed by atoms with Crippen LogP contribution in [0.4, 0.5) is 0 Å². The summed E-state index contributed by atoms with van der Waals surface area (Å²) in [5, 5.41) is 18.5. The first kappa shape index (κ1) is 18.5. The zero-order valence-electron chi connectivity index (χ0n) is 14.0. The van der Waals surface area contributed by atoms with Gasteiger partial charge >= 0.3 is 5.97 Å². The lowest BCUT2D eigenvalue weighted by atomic mass is 9.81. The molecule has 0 saturated carbocycles. The lowest BCUT2D eigenvalue weighted by Gasteiger charge is -2.33. The van der Waals surface area contributed by atoms with Gasteiger partial charge in [0.05, 0.1) is 25.7 Å². The average molecular weight is 310 g/mol. The lowest BCUT2D eigenvalue weighted by molar-refractivity contribution is -0.153. The van der Waals surface area contributed by atoms with E-state index < -0.39 is 11.0 Å². The van der Waals surface area contributed by atoms with Crippen molar-refractivity contribution in [2.45, 2.75) is 52.9 Å². The van der Waals surface area contributed by atoms with Gasteiger partial charge < -0.3 is 19.7 Å². The van der Waals surface area contributed by atoms with Crippen molar-refractivity contribution < 1.29 is 24.5 Å². The van der Waals surface area contributed by atoms with Crippen LogP contribution in [0.5, 0.6) is 5.75 Å². The van der Waals surface area contributed by atoms with Crippen LogP contribution in [-0.2, 0) is 22.7 Å². The van der Waals surface area contributed by atoms with Gasteiger partial charge in [-0.2, -0.15) is 0 Å². The van der Waals surface area contributed by atoms with E-state index in [0.717, 1.165) is 0 Å². The number of carbonyl (C=O) groups is 1. The molecule has 0 aromatic heterocycles. The Morgan fingerprint density at radius 3 is 1.95 bits per heavy atom. The van der Waals surface area contributed by atoms with Crippen LogP contribution >= 0.6 is 0 Å². The molecule has 0 aliphatic rings. The van der Waals surface area contributed by atoms with E-state index in [-0.39, 0.29) is 19.2 Å². The predicted octanol–water partition coefficient (Wildman–Crippen LogP) is 2.42. The number of aliphatic hydroxyl groups excluding tert-OH is 2. The number of esters is 1. The Labute approximate surface area is 131 Å². The van der Waals surface area contributed by atoms with Gasteiger partial charge in [-0.3, -0.25) is 4.79 Å². The summed E-state index contributed by atoms with van der Waals surface area (Å²) in [4.78, 5) is 11.8. The minimum Gasteiger partial charge on any atom is -0.488 e. The molecule has 0 aliphatic carbocycles. The summed E-state index contributed by atoms with van der Waals surface area (Å²) < 4.78 is 10.8. The van der Waals surface area contributed by atoms with Gasteiger partial charge in [-0.25, -0.2) is 0 Å². The van der Waals surface area contributed by atoms with Gasteiger partial charge in [-0.15, -0.1) is 0 Å². The molecule has 0 heterocycles. The highest BCUT2D eigenvalue weighted by Crippen LogP contribution is 2.33. The quantitative estimate of drug-likeness (QED) is 0.756. The molecule has 5 heteroatoms. The fourth-order valence-electron chi connectivity index (χ4n) is 2.74. The van der Waals surface area contributed by atoms with Crippen molar-refractivity contribution in [2.24, 2.45) is 5.41 Å². The molecular weight excluding hydrogens is 284 g/mol. The van der Waals surface area contributed by atoms with Crippen LogP contribution in [0.15, 0.2) is 18.2 Å². The number of rotatable bonds is 7. The minimum absolute atomic E-state index is 0.127. The van der Waals surface area contributed by atoms with Crippen LogP contribution in [0.1, 0.15) is 45.2 Å². The maximum absolute atomic E-state index is 11.8. The normalized spacial score (nSPS) is 12.1. The Balaban J connectivity index is 2.94. The third-order valence-electron chi connectivity index (χ3n) is 3.39. The van der Waals surface area contributed by atoms with Gasteiger partial charge in [0.25, 0.3) is 0 Å². The molecule has 1 rings (SSSR count). The number of hydrogen-bond donors (Lipinski definition) is 2. The molecule has 0 radical (unpaired) electrons. The van der Waals surface area contributed by atoms with Crippen molar-refractivity contribution in [3.63, 3.8) is 0 Å². The summed E-state index contributed by atoms with van der Waals surface area (Å²) in [5.41, 5.74) is 0.0552. The van der Waals surface area contributed by atoms with E-state index in [1.54, 1.807) is 18.2 Å². The van der Waals surface area contributed by atoms with Crippen molar-refractivity contribution in [1.82, 2.24) is 0 Å². The summed E-state index contributed by atoms with van der Waals surface area (Å²) >= 11 is 0. The summed E-state index contributed by atoms with van der Waals surface area (Å²) in [6.07, 6.45) is 0.463. The molecular formula is C17H26O5. The third-order valence-corrected chi connectivity index (χ3v) is 3.39. The molecule has 22 heavy (non-hydrogen) atoms. The van der Waals surface area contributed by atoms with Crippen molar-refractivity contribution >= 4 is 5.97 Å². The van der Waals surface area contributed by atoms with E-state index >= 15 is 0 Å². The Kier molecular flexibility index (Phi) is 5.97. The van der Waals surface area contributed by atoms with E-state index in [1.165, 1.54) is 7.11 Å². The van der Waals surface area contributed by atoms with E-state index in [0.29, 0.717) is 23.3 Å². The fraction of sp³-hybridized carbons (Fsp3) is 0.588. The summed E-state index contributed by atoms with van der Waals surface area (Å²) in [5.74, 6) is 0.269. The largest absolute Gasteiger partial charge is 0.488 e. The smallest absolute Gasteiger partial charge is 0.311 e. The highest BCUT2D eigenvalue weighted by molar-refractivity contribution is 5.75. The Hall–Kier alpha value is -1.59. The summed E-state index contributed by atoms with van der Waals surface area (Å²) in [6, 6.07) is 5.18. The number of carbonyl (C=O) groups excluding carboxylic acids is 1. The number of methoxy groups -OCH3 is 1. The second kappa shape index (κ2) is 7.11. The molecule has 0 bridgehead atoms. The average Bonchev–Trinajstić information content (AvgIpc) is 2.43. The molecule has 124 valence electrons. The Morgan fingerprint density at radius 2 is 1.55 bits per heavy atom. The van der Waals surface area contributed by atoms with Crippen LogP contribution in [-0.4, -0.2) is 28.9 Å². The zero-order valence-corrected chi connectivity index (χ0v) is 14.0. The second-order valence-electron chi connectivity index (χ2n) is 6.72.